The summed E-state index contributed by atoms with van der Waals surface area (Å²) >= 11 is 1.59. The molecule has 0 spiro atoms. The lowest BCUT2D eigenvalue weighted by Crippen LogP contribution is -2.09. The molecule has 3 N–H and O–H groups in total. The predicted octanol–water partition coefficient (Wildman–Crippen LogP) is 0.607. The smallest absolute Gasteiger partial charge is 0.253 e. The lowest BCUT2D eigenvalue weighted by molar-refractivity contribution is 0.945. The van der Waals surface area contributed by atoms with Crippen LogP contribution in [0.5, 0.6) is 0 Å². The number of nitrogens with one attached hydrogen (secondary N) is 1. The second-order valence-corrected chi connectivity index (χ2v) is 4.08. The first-order valence-electron chi connectivity index (χ1n) is 3.77. The van der Waals surface area contributed by atoms with Gasteiger partial charge in [-0.05, 0) is 12.8 Å². The van der Waals surface area contributed by atoms with Crippen molar-refractivity contribution in [3.63, 3.8) is 0 Å². The van der Waals surface area contributed by atoms with Crippen LogP contribution < -0.4 is 11.3 Å². The lowest BCUT2D eigenvalue weighted by atomic mass is 10.6. The van der Waals surface area contributed by atoms with Crippen molar-refractivity contribution in [2.75, 3.05) is 5.73 Å². The van der Waals surface area contributed by atoms with E-state index >= 15 is 0 Å². The summed E-state index contributed by atoms with van der Waals surface area (Å²) in [5.74, 6) is 0.293. The predicted molar refractivity (Wildman–Crippen MR) is 48.1 cm³/mol. The van der Waals surface area contributed by atoms with Crippen molar-refractivity contribution in [2.24, 2.45) is 0 Å². The van der Waals surface area contributed by atoms with Gasteiger partial charge in [-0.1, -0.05) is 11.8 Å². The van der Waals surface area contributed by atoms with Crippen LogP contribution in [0.15, 0.2) is 16.0 Å². The molecule has 5 heteroatoms. The lowest BCUT2D eigenvalue weighted by Gasteiger charge is -1.97. The molecule has 0 unspecified atom stereocenters. The van der Waals surface area contributed by atoms with E-state index in [-0.39, 0.29) is 5.56 Å². The molecule has 1 aliphatic carbocycles. The summed E-state index contributed by atoms with van der Waals surface area (Å²) in [6.07, 6.45) is 2.42. The first-order chi connectivity index (χ1) is 5.74. The average molecular weight is 183 g/mol. The topological polar surface area (TPSA) is 71.8 Å². The molecule has 1 aromatic heterocycles. The van der Waals surface area contributed by atoms with Gasteiger partial charge in [-0.25, -0.2) is 4.98 Å². The second-order valence-electron chi connectivity index (χ2n) is 2.79. The summed E-state index contributed by atoms with van der Waals surface area (Å²) in [4.78, 5) is 17.6. The van der Waals surface area contributed by atoms with Crippen LogP contribution in [0.1, 0.15) is 12.8 Å². The Balaban J connectivity index is 2.23. The van der Waals surface area contributed by atoms with Crippen LogP contribution in [0.4, 0.5) is 5.82 Å². The Hall–Kier alpha value is -0.970. The molecule has 0 aromatic carbocycles. The molecule has 0 amide bonds. The number of hydrogen-bond donors (Lipinski definition) is 2. The Labute approximate surface area is 73.6 Å². The van der Waals surface area contributed by atoms with Gasteiger partial charge in [0.2, 0.25) is 0 Å². The van der Waals surface area contributed by atoms with Crippen molar-refractivity contribution >= 4 is 17.6 Å². The zero-order valence-electron chi connectivity index (χ0n) is 6.41. The maximum Gasteiger partial charge on any atom is 0.253 e. The van der Waals surface area contributed by atoms with Crippen molar-refractivity contribution in [1.82, 2.24) is 9.97 Å². The fraction of sp³-hybridized carbons (Fsp3) is 0.429. The summed E-state index contributed by atoms with van der Waals surface area (Å²) in [7, 11) is 0. The zero-order valence-corrected chi connectivity index (χ0v) is 7.23. The van der Waals surface area contributed by atoms with E-state index in [1.165, 1.54) is 18.9 Å². The number of aromatic nitrogens is 2. The molecule has 1 heterocycles. The van der Waals surface area contributed by atoms with Crippen molar-refractivity contribution in [3.05, 3.63) is 16.4 Å². The van der Waals surface area contributed by atoms with Gasteiger partial charge in [0, 0.05) is 11.3 Å². The van der Waals surface area contributed by atoms with Crippen LogP contribution in [-0.2, 0) is 0 Å². The minimum absolute atomic E-state index is 0.175. The monoisotopic (exact) mass is 183 g/mol. The minimum atomic E-state index is -0.175. The SMILES string of the molecule is Nc1cc(=O)[nH]c(SC2CC2)n1. The molecule has 0 saturated heterocycles. The summed E-state index contributed by atoms with van der Waals surface area (Å²) in [5.41, 5.74) is 5.24. The van der Waals surface area contributed by atoms with Crippen molar-refractivity contribution in [2.45, 2.75) is 23.2 Å². The van der Waals surface area contributed by atoms with Crippen LogP contribution in [0.3, 0.4) is 0 Å². The molecule has 1 saturated carbocycles. The highest BCUT2D eigenvalue weighted by molar-refractivity contribution is 8.00. The number of thioether (sulfide) groups is 1. The summed E-state index contributed by atoms with van der Waals surface area (Å²) < 4.78 is 0. The summed E-state index contributed by atoms with van der Waals surface area (Å²) in [6.45, 7) is 0. The standard InChI is InChI=1S/C7H9N3OS/c8-5-3-6(11)10-7(9-5)12-4-1-2-4/h3-4H,1-2H2,(H3,8,9,10,11). The molecule has 1 aliphatic rings. The molecule has 0 bridgehead atoms. The number of hydrogen-bond acceptors (Lipinski definition) is 4. The molecule has 4 nitrogen and oxygen atoms in total. The largest absolute Gasteiger partial charge is 0.383 e. The quantitative estimate of drug-likeness (QED) is 0.659. The van der Waals surface area contributed by atoms with Gasteiger partial charge in [-0.2, -0.15) is 0 Å². The van der Waals surface area contributed by atoms with Gasteiger partial charge in [-0.15, -0.1) is 0 Å². The molecule has 2 rings (SSSR count). The molecule has 1 aromatic rings. The van der Waals surface area contributed by atoms with E-state index in [1.807, 2.05) is 0 Å². The van der Waals surface area contributed by atoms with Crippen LogP contribution in [-0.4, -0.2) is 15.2 Å². The van der Waals surface area contributed by atoms with Crippen LogP contribution in [0.25, 0.3) is 0 Å². The highest BCUT2D eigenvalue weighted by atomic mass is 32.2. The van der Waals surface area contributed by atoms with Gasteiger partial charge in [0.05, 0.1) is 0 Å². The molecule has 0 radical (unpaired) electrons. The third kappa shape index (κ3) is 1.79. The van der Waals surface area contributed by atoms with E-state index in [0.29, 0.717) is 16.2 Å². The van der Waals surface area contributed by atoms with E-state index < -0.39 is 0 Å². The molecule has 1 fully saturated rings. The molecular weight excluding hydrogens is 174 g/mol. The summed E-state index contributed by atoms with van der Waals surface area (Å²) in [6, 6.07) is 1.29. The number of nitrogens with zero attached hydrogens (tertiary/aromatic N) is 1. The first-order valence-corrected chi connectivity index (χ1v) is 4.65. The van der Waals surface area contributed by atoms with E-state index in [2.05, 4.69) is 9.97 Å². The molecule has 0 aliphatic heterocycles. The van der Waals surface area contributed by atoms with E-state index in [0.717, 1.165) is 0 Å². The highest BCUT2D eigenvalue weighted by Gasteiger charge is 2.23. The zero-order chi connectivity index (χ0) is 8.55. The number of rotatable bonds is 2. The van der Waals surface area contributed by atoms with Crippen molar-refractivity contribution < 1.29 is 0 Å². The van der Waals surface area contributed by atoms with Crippen LogP contribution in [0.2, 0.25) is 0 Å². The first kappa shape index (κ1) is 7.67. The van der Waals surface area contributed by atoms with Gasteiger partial charge in [0.15, 0.2) is 5.16 Å². The number of anilines is 1. The Morgan fingerprint density at radius 1 is 1.67 bits per heavy atom. The fourth-order valence-electron chi connectivity index (χ4n) is 0.853. The van der Waals surface area contributed by atoms with E-state index in [1.54, 1.807) is 11.8 Å². The molecular formula is C7H9N3OS. The van der Waals surface area contributed by atoms with Crippen molar-refractivity contribution in [1.29, 1.82) is 0 Å². The van der Waals surface area contributed by atoms with Crippen molar-refractivity contribution in [3.8, 4) is 0 Å². The van der Waals surface area contributed by atoms with Gasteiger partial charge >= 0.3 is 0 Å². The molecule has 64 valence electrons. The highest BCUT2D eigenvalue weighted by Crippen LogP contribution is 2.37. The maximum atomic E-state index is 10.9. The number of nitrogens with two attached hydrogens (primary N) is 1. The number of H-pyrrole nitrogens is 1. The van der Waals surface area contributed by atoms with Gasteiger partial charge in [0.25, 0.3) is 5.56 Å². The van der Waals surface area contributed by atoms with Gasteiger partial charge in [0.1, 0.15) is 5.82 Å². The Morgan fingerprint density at radius 2 is 2.42 bits per heavy atom. The Bertz CT molecular complexity index is 345. The Morgan fingerprint density at radius 3 is 3.00 bits per heavy atom. The number of aromatic amines is 1. The molecule has 12 heavy (non-hydrogen) atoms. The van der Waals surface area contributed by atoms with Crippen LogP contribution >= 0.6 is 11.8 Å². The fourth-order valence-corrected chi connectivity index (χ4v) is 1.86. The molecule has 0 atom stereocenters. The average Bonchev–Trinajstić information content (AvgIpc) is 2.68. The maximum absolute atomic E-state index is 10.9. The second kappa shape index (κ2) is 2.82. The summed E-state index contributed by atoms with van der Waals surface area (Å²) in [5, 5.41) is 1.28. The Kier molecular flexibility index (Phi) is 1.80. The third-order valence-electron chi connectivity index (χ3n) is 1.54. The van der Waals surface area contributed by atoms with Gasteiger partial charge < -0.3 is 10.7 Å². The van der Waals surface area contributed by atoms with E-state index in [9.17, 15) is 4.79 Å². The van der Waals surface area contributed by atoms with Crippen LogP contribution in [0, 0.1) is 0 Å². The van der Waals surface area contributed by atoms with Gasteiger partial charge in [-0.3, -0.25) is 4.79 Å². The third-order valence-corrected chi connectivity index (χ3v) is 2.76. The normalized spacial score (nSPS) is 16.3. The minimum Gasteiger partial charge on any atom is -0.383 e. The van der Waals surface area contributed by atoms with E-state index in [4.69, 9.17) is 5.73 Å². The number of nitrogen functional groups attached to an aromatic ring is 1.